The lowest BCUT2D eigenvalue weighted by molar-refractivity contribution is -0.376. The smallest absolute Gasteiger partial charge is 0.369 e. The number of benzene rings is 2. The van der Waals surface area contributed by atoms with Crippen LogP contribution < -0.4 is 5.32 Å². The Balaban J connectivity index is 1.95. The molecule has 37 heavy (non-hydrogen) atoms. The molecule has 2 amide bonds. The number of carbonyl (C=O) groups excluding carboxylic acids is 2. The van der Waals surface area contributed by atoms with Gasteiger partial charge in [0, 0.05) is 24.7 Å². The van der Waals surface area contributed by atoms with Crippen molar-refractivity contribution in [1.29, 1.82) is 0 Å². The average Bonchev–Trinajstić information content (AvgIpc) is 2.81. The molecule has 0 spiro atoms. The molecule has 0 radical (unpaired) electrons. The number of amides is 2. The summed E-state index contributed by atoms with van der Waals surface area (Å²) in [5.41, 5.74) is -5.98. The number of aliphatic hydroxyl groups is 1. The Morgan fingerprint density at radius 2 is 1.59 bits per heavy atom. The van der Waals surface area contributed by atoms with E-state index in [1.807, 2.05) is 0 Å². The molecular formula is C23H22F6N2O5S. The van der Waals surface area contributed by atoms with Gasteiger partial charge < -0.3 is 15.3 Å². The molecule has 2 aromatic rings. The summed E-state index contributed by atoms with van der Waals surface area (Å²) in [6.07, 6.45) is -11.9. The fourth-order valence-corrected chi connectivity index (χ4v) is 5.01. The Hall–Kier alpha value is -3.13. The van der Waals surface area contributed by atoms with Crippen LogP contribution in [0.25, 0.3) is 0 Å². The average molecular weight is 552 g/mol. The normalized spacial score (nSPS) is 16.8. The van der Waals surface area contributed by atoms with Gasteiger partial charge in [-0.2, -0.15) is 26.3 Å². The summed E-state index contributed by atoms with van der Waals surface area (Å²) in [6, 6.07) is 5.16. The highest BCUT2D eigenvalue weighted by atomic mass is 32.2. The van der Waals surface area contributed by atoms with E-state index < -0.39 is 51.2 Å². The van der Waals surface area contributed by atoms with Gasteiger partial charge >= 0.3 is 12.4 Å². The Labute approximate surface area is 208 Å². The fourth-order valence-electron chi connectivity index (χ4n) is 4.08. The van der Waals surface area contributed by atoms with Crippen LogP contribution >= 0.6 is 0 Å². The Kier molecular flexibility index (Phi) is 7.41. The zero-order valence-corrected chi connectivity index (χ0v) is 20.3. The zero-order valence-electron chi connectivity index (χ0n) is 19.4. The number of nitrogens with zero attached hydrogens (tertiary/aromatic N) is 1. The van der Waals surface area contributed by atoms with Crippen molar-refractivity contribution < 1.29 is 49.5 Å². The summed E-state index contributed by atoms with van der Waals surface area (Å²) in [5, 5.41) is 11.9. The first-order chi connectivity index (χ1) is 16.9. The van der Waals surface area contributed by atoms with Gasteiger partial charge in [-0.15, -0.1) is 0 Å². The number of rotatable bonds is 5. The highest BCUT2D eigenvalue weighted by molar-refractivity contribution is 7.91. The maximum absolute atomic E-state index is 13.2. The molecule has 0 saturated carbocycles. The molecule has 1 heterocycles. The number of sulfone groups is 1. The summed E-state index contributed by atoms with van der Waals surface area (Å²) < 4.78 is 103. The summed E-state index contributed by atoms with van der Waals surface area (Å²) in [7, 11) is -3.55. The maximum Gasteiger partial charge on any atom is 0.430 e. The van der Waals surface area contributed by atoms with Crippen molar-refractivity contribution in [3.05, 3.63) is 59.2 Å². The van der Waals surface area contributed by atoms with E-state index in [-0.39, 0.29) is 29.3 Å². The largest absolute Gasteiger partial charge is 0.430 e. The van der Waals surface area contributed by atoms with Crippen molar-refractivity contribution in [1.82, 2.24) is 4.90 Å². The van der Waals surface area contributed by atoms with Crippen LogP contribution in [0.5, 0.6) is 0 Å². The third-order valence-corrected chi connectivity index (χ3v) is 7.86. The number of nitrogens with one attached hydrogen (secondary N) is 1. The van der Waals surface area contributed by atoms with Crippen LogP contribution in [0.4, 0.5) is 32.0 Å². The van der Waals surface area contributed by atoms with Gasteiger partial charge in [-0.05, 0) is 41.8 Å². The van der Waals surface area contributed by atoms with Crippen molar-refractivity contribution in [2.75, 3.05) is 17.6 Å². The Morgan fingerprint density at radius 3 is 2.08 bits per heavy atom. The van der Waals surface area contributed by atoms with E-state index in [1.165, 1.54) is 36.9 Å². The fraction of sp³-hybridized carbons (Fsp3) is 0.391. The van der Waals surface area contributed by atoms with Gasteiger partial charge in [-0.25, -0.2) is 8.42 Å². The minimum absolute atomic E-state index is 0.0431. The number of anilines is 1. The molecule has 0 aromatic heterocycles. The number of fused-ring (bicyclic) bond motifs is 1. The lowest BCUT2D eigenvalue weighted by Crippen LogP contribution is -2.53. The van der Waals surface area contributed by atoms with Crippen molar-refractivity contribution >= 4 is 27.3 Å². The van der Waals surface area contributed by atoms with Gasteiger partial charge in [-0.1, -0.05) is 25.1 Å². The van der Waals surface area contributed by atoms with E-state index in [1.54, 1.807) is 0 Å². The van der Waals surface area contributed by atoms with E-state index in [0.717, 1.165) is 12.1 Å². The molecule has 3 rings (SSSR count). The van der Waals surface area contributed by atoms with Gasteiger partial charge in [0.15, 0.2) is 9.84 Å². The van der Waals surface area contributed by atoms with E-state index in [2.05, 4.69) is 5.32 Å². The molecule has 7 nitrogen and oxygen atoms in total. The quantitative estimate of drug-likeness (QED) is 0.549. The maximum atomic E-state index is 13.2. The number of carbonyl (C=O) groups is 2. The lowest BCUT2D eigenvalue weighted by atomic mass is 9.91. The molecule has 0 bridgehead atoms. The number of hydrogen-bond donors (Lipinski definition) is 2. The predicted molar refractivity (Wildman–Crippen MR) is 119 cm³/mol. The van der Waals surface area contributed by atoms with Crippen molar-refractivity contribution in [3.8, 4) is 0 Å². The van der Waals surface area contributed by atoms with Crippen molar-refractivity contribution in [3.63, 3.8) is 0 Å². The SMILES string of the molecule is CCS(=O)(=O)c1ccc2c(c1)CCN(C(C)=O)[C@@H]2C(=O)Nc1ccc(C(O)(C(F)(F)F)C(F)(F)F)cc1. The minimum atomic E-state index is -6.06. The van der Waals surface area contributed by atoms with Crippen LogP contribution in [0.15, 0.2) is 47.4 Å². The Bertz CT molecular complexity index is 1290. The van der Waals surface area contributed by atoms with Crippen LogP contribution in [0, 0.1) is 0 Å². The van der Waals surface area contributed by atoms with Crippen LogP contribution in [-0.4, -0.2) is 54.9 Å². The molecule has 202 valence electrons. The van der Waals surface area contributed by atoms with Crippen molar-refractivity contribution in [2.24, 2.45) is 0 Å². The van der Waals surface area contributed by atoms with Gasteiger partial charge in [0.1, 0.15) is 6.04 Å². The molecule has 1 aliphatic rings. The molecule has 0 fully saturated rings. The standard InChI is InChI=1S/C23H22F6N2O5S/c1-3-37(35,36)17-8-9-18-14(12-17)10-11-31(13(2)32)19(18)20(33)30-16-6-4-15(5-7-16)21(34,22(24,25)26)23(27,28)29/h4-9,12,19,34H,3,10-11H2,1-2H3,(H,30,33)/t19-/m0/s1. The summed E-state index contributed by atoms with van der Waals surface area (Å²) in [6.45, 7) is 2.75. The zero-order chi connectivity index (χ0) is 28.0. The molecule has 2 aromatic carbocycles. The molecule has 1 atom stereocenters. The van der Waals surface area contributed by atoms with E-state index in [0.29, 0.717) is 23.3 Å². The van der Waals surface area contributed by atoms with Crippen LogP contribution in [0.2, 0.25) is 0 Å². The number of alkyl halides is 6. The summed E-state index contributed by atoms with van der Waals surface area (Å²) in [4.78, 5) is 26.6. The van der Waals surface area contributed by atoms with Gasteiger partial charge in [0.2, 0.25) is 5.91 Å². The second kappa shape index (κ2) is 9.63. The van der Waals surface area contributed by atoms with E-state index in [4.69, 9.17) is 0 Å². The molecule has 0 aliphatic carbocycles. The molecule has 2 N–H and O–H groups in total. The highest BCUT2D eigenvalue weighted by Crippen LogP contribution is 2.50. The molecular weight excluding hydrogens is 530 g/mol. The second-order valence-corrected chi connectivity index (χ2v) is 10.7. The molecule has 0 unspecified atom stereocenters. The minimum Gasteiger partial charge on any atom is -0.369 e. The predicted octanol–water partition coefficient (Wildman–Crippen LogP) is 3.88. The first kappa shape index (κ1) is 28.4. The van der Waals surface area contributed by atoms with Gasteiger partial charge in [-0.3, -0.25) is 9.59 Å². The lowest BCUT2D eigenvalue weighted by Gasteiger charge is -2.36. The second-order valence-electron chi connectivity index (χ2n) is 8.40. The van der Waals surface area contributed by atoms with E-state index >= 15 is 0 Å². The molecule has 0 saturated heterocycles. The highest BCUT2D eigenvalue weighted by Gasteiger charge is 2.71. The monoisotopic (exact) mass is 552 g/mol. The summed E-state index contributed by atoms with van der Waals surface area (Å²) in [5.74, 6) is -1.45. The van der Waals surface area contributed by atoms with E-state index in [9.17, 15) is 49.5 Å². The number of halogens is 6. The van der Waals surface area contributed by atoms with Gasteiger partial charge in [0.05, 0.1) is 10.6 Å². The number of hydrogen-bond acceptors (Lipinski definition) is 5. The molecule has 1 aliphatic heterocycles. The van der Waals surface area contributed by atoms with Gasteiger partial charge in [0.25, 0.3) is 11.5 Å². The van der Waals surface area contributed by atoms with Crippen LogP contribution in [0.3, 0.4) is 0 Å². The third kappa shape index (κ3) is 5.17. The van der Waals surface area contributed by atoms with Crippen LogP contribution in [-0.2, 0) is 31.4 Å². The Morgan fingerprint density at radius 1 is 1.03 bits per heavy atom. The first-order valence-corrected chi connectivity index (χ1v) is 12.5. The summed E-state index contributed by atoms with van der Waals surface area (Å²) >= 11 is 0. The van der Waals surface area contributed by atoms with Crippen molar-refractivity contribution in [2.45, 2.75) is 49.2 Å². The topological polar surface area (TPSA) is 104 Å². The molecule has 14 heteroatoms. The third-order valence-electron chi connectivity index (χ3n) is 6.13. The van der Waals surface area contributed by atoms with Crippen LogP contribution in [0.1, 0.15) is 36.6 Å². The first-order valence-electron chi connectivity index (χ1n) is 10.8.